The van der Waals surface area contributed by atoms with Gasteiger partial charge in [0, 0.05) is 0 Å². The van der Waals surface area contributed by atoms with Crippen molar-refractivity contribution in [2.75, 3.05) is 0 Å². The molecule has 0 aromatic heterocycles. The average Bonchev–Trinajstić information content (AvgIpc) is 2.95. The summed E-state index contributed by atoms with van der Waals surface area (Å²) in [4.78, 5) is 0. The number of hydrogen-bond donors (Lipinski definition) is 0. The van der Waals surface area contributed by atoms with Gasteiger partial charge in [-0.15, -0.1) is 0 Å². The molecule has 0 aliphatic heterocycles. The van der Waals surface area contributed by atoms with Crippen molar-refractivity contribution in [2.24, 2.45) is 0 Å². The van der Waals surface area contributed by atoms with Crippen LogP contribution in [0.15, 0.2) is 41.3 Å². The van der Waals surface area contributed by atoms with Gasteiger partial charge < -0.3 is 0 Å². The Morgan fingerprint density at radius 1 is 0.773 bits per heavy atom. The maximum atomic E-state index is 2.68. The van der Waals surface area contributed by atoms with E-state index in [1.165, 1.54) is 12.8 Å². The fourth-order valence-corrected chi connectivity index (χ4v) is 25.7. The molecule has 0 unspecified atom stereocenters. The van der Waals surface area contributed by atoms with E-state index in [1.807, 2.05) is 6.56 Å². The molecule has 0 radical (unpaired) electrons. The molecule has 0 bridgehead atoms. The van der Waals surface area contributed by atoms with Crippen LogP contribution in [0.3, 0.4) is 0 Å². The number of rotatable bonds is 5. The molecule has 0 fully saturated rings. The second-order valence-corrected chi connectivity index (χ2v) is 38.7. The van der Waals surface area contributed by atoms with Crippen LogP contribution in [0.4, 0.5) is 0 Å². The predicted molar refractivity (Wildman–Crippen MR) is 107 cm³/mol. The van der Waals surface area contributed by atoms with Crippen LogP contribution >= 0.6 is 0 Å². The van der Waals surface area contributed by atoms with Crippen LogP contribution in [-0.2, 0) is 20.9 Å². The molecule has 121 valence electrons. The van der Waals surface area contributed by atoms with E-state index >= 15 is 0 Å². The van der Waals surface area contributed by atoms with Gasteiger partial charge in [0.05, 0.1) is 0 Å². The summed E-state index contributed by atoms with van der Waals surface area (Å²) in [6.45, 7) is 20.2. The molecule has 2 rings (SSSR count). The van der Waals surface area contributed by atoms with Crippen LogP contribution in [0.25, 0.3) is 0 Å². The van der Waals surface area contributed by atoms with Crippen molar-refractivity contribution >= 4 is 22.1 Å². The fourth-order valence-electron chi connectivity index (χ4n) is 3.42. The summed E-state index contributed by atoms with van der Waals surface area (Å²) in [6, 6.07) is 0. The zero-order valence-corrected chi connectivity index (χ0v) is 21.4. The molecule has 0 aromatic carbocycles. The SMILES string of the molecule is C[SiH](C)[Zr]([C]1=CC([Si](C)(C)C)=CC1)[C]1=CC([Si](C)(C)C)=CC1. The molecule has 0 heterocycles. The minimum atomic E-state index is -1.50. The fraction of sp³-hybridized carbons (Fsp3) is 0.556. The van der Waals surface area contributed by atoms with Crippen LogP contribution < -0.4 is 0 Å². The molecular weight excluding hydrogens is 392 g/mol. The zero-order valence-electron chi connectivity index (χ0n) is 15.8. The van der Waals surface area contributed by atoms with E-state index in [2.05, 4.69) is 76.7 Å². The van der Waals surface area contributed by atoms with Crippen LogP contribution in [-0.4, -0.2) is 22.1 Å². The van der Waals surface area contributed by atoms with Gasteiger partial charge in [0.15, 0.2) is 0 Å². The van der Waals surface area contributed by atoms with Gasteiger partial charge in [-0.3, -0.25) is 0 Å². The van der Waals surface area contributed by atoms with Crippen LogP contribution in [0, 0.1) is 0 Å². The number of allylic oxidation sites excluding steroid dienone is 8. The van der Waals surface area contributed by atoms with Gasteiger partial charge in [-0.05, 0) is 0 Å². The van der Waals surface area contributed by atoms with Crippen molar-refractivity contribution < 1.29 is 20.9 Å². The van der Waals surface area contributed by atoms with Crippen LogP contribution in [0.1, 0.15) is 12.8 Å². The summed E-state index contributed by atoms with van der Waals surface area (Å²) in [5.74, 6) is -0.530. The topological polar surface area (TPSA) is 0 Å². The third-order valence-corrected chi connectivity index (χ3v) is 28.1. The van der Waals surface area contributed by atoms with E-state index in [1.54, 1.807) is 10.4 Å². The summed E-state index contributed by atoms with van der Waals surface area (Å²) < 4.78 is 3.86. The quantitative estimate of drug-likeness (QED) is 0.491. The van der Waals surface area contributed by atoms with Crippen molar-refractivity contribution in [3.8, 4) is 0 Å². The first kappa shape index (κ1) is 18.8. The monoisotopic (exact) mass is 423 g/mol. The van der Waals surface area contributed by atoms with Crippen molar-refractivity contribution in [3.63, 3.8) is 0 Å². The average molecular weight is 425 g/mol. The van der Waals surface area contributed by atoms with E-state index in [4.69, 9.17) is 0 Å². The molecule has 2 aliphatic rings. The minimum absolute atomic E-state index is 0.530. The zero-order chi connectivity index (χ0) is 16.7. The molecule has 0 spiro atoms. The van der Waals surface area contributed by atoms with Crippen molar-refractivity contribution in [3.05, 3.63) is 41.3 Å². The number of hydrogen-bond acceptors (Lipinski definition) is 0. The third-order valence-electron chi connectivity index (χ3n) is 4.74. The Kier molecular flexibility index (Phi) is 5.80. The molecule has 0 saturated carbocycles. The summed E-state index contributed by atoms with van der Waals surface area (Å²) in [7, 11) is -2.25. The molecule has 0 saturated heterocycles. The summed E-state index contributed by atoms with van der Waals surface area (Å²) >= 11 is -1.50. The van der Waals surface area contributed by atoms with Gasteiger partial charge in [0.1, 0.15) is 0 Å². The standard InChI is InChI=1S/2C8H13Si.C2H7Si.Zr/c2*1-9(2,3)8-6-4-5-7-8;1-3-2;/h2*6-7H,4H2,1-3H3;3H,1-2H3;. The van der Waals surface area contributed by atoms with Crippen molar-refractivity contribution in [1.29, 1.82) is 0 Å². The Morgan fingerprint density at radius 3 is 1.36 bits per heavy atom. The van der Waals surface area contributed by atoms with Gasteiger partial charge in [-0.25, -0.2) is 0 Å². The molecule has 4 heteroatoms. The van der Waals surface area contributed by atoms with E-state index < -0.39 is 43.0 Å². The first-order chi connectivity index (χ1) is 10.00. The summed E-state index contributed by atoms with van der Waals surface area (Å²) in [6.07, 6.45) is 13.1. The van der Waals surface area contributed by atoms with Gasteiger partial charge in [0.2, 0.25) is 0 Å². The normalized spacial score (nSPS) is 19.1. The molecule has 0 N–H and O–H groups in total. The first-order valence-electron chi connectivity index (χ1n) is 8.70. The van der Waals surface area contributed by atoms with Gasteiger partial charge in [0.25, 0.3) is 0 Å². The predicted octanol–water partition coefficient (Wildman–Crippen LogP) is 5.77. The molecule has 2 aliphatic carbocycles. The molecule has 22 heavy (non-hydrogen) atoms. The van der Waals surface area contributed by atoms with Gasteiger partial charge in [-0.2, -0.15) is 0 Å². The second kappa shape index (κ2) is 6.78. The first-order valence-corrected chi connectivity index (χ1v) is 25.3. The van der Waals surface area contributed by atoms with E-state index in [0.29, 0.717) is 0 Å². The van der Waals surface area contributed by atoms with Gasteiger partial charge >= 0.3 is 149 Å². The molecular formula is C18H33Si3Zr. The molecule has 0 aromatic rings. The summed E-state index contributed by atoms with van der Waals surface area (Å²) in [5.41, 5.74) is 0. The van der Waals surface area contributed by atoms with E-state index in [9.17, 15) is 0 Å². The second-order valence-electron chi connectivity index (χ2n) is 9.13. The van der Waals surface area contributed by atoms with E-state index in [-0.39, 0.29) is 0 Å². The van der Waals surface area contributed by atoms with Crippen LogP contribution in [0.5, 0.6) is 0 Å². The third kappa shape index (κ3) is 4.31. The van der Waals surface area contributed by atoms with E-state index in [0.717, 1.165) is 0 Å². The van der Waals surface area contributed by atoms with Gasteiger partial charge in [-0.1, -0.05) is 0 Å². The van der Waals surface area contributed by atoms with Crippen LogP contribution in [0.2, 0.25) is 52.4 Å². The Labute approximate surface area is 148 Å². The maximum absolute atomic E-state index is 2.68. The van der Waals surface area contributed by atoms with Crippen molar-refractivity contribution in [1.82, 2.24) is 0 Å². The Bertz CT molecular complexity index is 518. The molecule has 0 amide bonds. The molecule has 0 nitrogen and oxygen atoms in total. The molecule has 0 atom stereocenters. The Morgan fingerprint density at radius 2 is 1.14 bits per heavy atom. The Hall–Kier alpha value is 0.494. The summed E-state index contributed by atoms with van der Waals surface area (Å²) in [5, 5.41) is 3.46. The van der Waals surface area contributed by atoms with Crippen molar-refractivity contribution in [2.45, 2.75) is 65.2 Å². The Balaban J connectivity index is 2.25.